The molecule has 5 nitrogen and oxygen atoms in total. The minimum Gasteiger partial charge on any atom is -0.483 e. The summed E-state index contributed by atoms with van der Waals surface area (Å²) in [5.74, 6) is 0.338. The molecule has 0 spiro atoms. The molecule has 0 fully saturated rings. The maximum atomic E-state index is 13.3. The number of unbranched alkanes of at least 4 members (excludes halogenated alkanes) is 1. The fourth-order valence-electron chi connectivity index (χ4n) is 3.59. The molecule has 32 heavy (non-hydrogen) atoms. The lowest BCUT2D eigenvalue weighted by molar-refractivity contribution is -0.143. The number of carbonyl (C=O) groups is 2. The first kappa shape index (κ1) is 25.7. The van der Waals surface area contributed by atoms with E-state index >= 15 is 0 Å². The highest BCUT2D eigenvalue weighted by molar-refractivity contribution is 6.30. The van der Waals surface area contributed by atoms with Crippen molar-refractivity contribution in [1.29, 1.82) is 0 Å². The van der Waals surface area contributed by atoms with Crippen LogP contribution >= 0.6 is 11.6 Å². The Labute approximate surface area is 197 Å². The lowest BCUT2D eigenvalue weighted by Crippen LogP contribution is -2.50. The van der Waals surface area contributed by atoms with Crippen molar-refractivity contribution >= 4 is 23.4 Å². The Kier molecular flexibility index (Phi) is 10.0. The molecule has 0 saturated heterocycles. The maximum absolute atomic E-state index is 13.3. The normalized spacial score (nSPS) is 11.7. The van der Waals surface area contributed by atoms with Crippen LogP contribution in [0.5, 0.6) is 5.75 Å². The van der Waals surface area contributed by atoms with Crippen LogP contribution in [0.2, 0.25) is 5.02 Å². The second kappa shape index (κ2) is 12.5. The van der Waals surface area contributed by atoms with Gasteiger partial charge in [0.05, 0.1) is 0 Å². The van der Waals surface area contributed by atoms with E-state index in [9.17, 15) is 9.59 Å². The number of carbonyl (C=O) groups excluding carboxylic acids is 2. The highest BCUT2D eigenvalue weighted by Gasteiger charge is 2.29. The smallest absolute Gasteiger partial charge is 0.261 e. The molecule has 0 heterocycles. The first-order chi connectivity index (χ1) is 15.3. The van der Waals surface area contributed by atoms with Crippen molar-refractivity contribution in [2.45, 2.75) is 66.5 Å². The van der Waals surface area contributed by atoms with Gasteiger partial charge in [0.1, 0.15) is 11.8 Å². The van der Waals surface area contributed by atoms with Crippen molar-refractivity contribution < 1.29 is 14.3 Å². The molecule has 1 N–H and O–H groups in total. The molecule has 1 atom stereocenters. The number of rotatable bonds is 11. The number of halogens is 1. The number of nitrogens with one attached hydrogen (secondary N) is 1. The molecule has 0 saturated carbocycles. The van der Waals surface area contributed by atoms with E-state index < -0.39 is 6.04 Å². The lowest BCUT2D eigenvalue weighted by Gasteiger charge is -2.30. The third-order valence-electron chi connectivity index (χ3n) is 5.60. The van der Waals surface area contributed by atoms with Gasteiger partial charge in [-0.3, -0.25) is 9.59 Å². The summed E-state index contributed by atoms with van der Waals surface area (Å²) in [6.07, 6.45) is 2.41. The second-order valence-electron chi connectivity index (χ2n) is 8.21. The molecule has 0 aromatic heterocycles. The standard InChI is InChI=1S/C26H35ClN2O3/c1-6-8-13-28-26(31)23(7-2)29(16-21-9-11-22(27)12-10-21)25(30)17-32-24-15-18(3)14-19(4)20(24)5/h9-12,14-15,23H,6-8,13,16-17H2,1-5H3,(H,28,31). The summed E-state index contributed by atoms with van der Waals surface area (Å²) in [4.78, 5) is 27.8. The van der Waals surface area contributed by atoms with Crippen molar-refractivity contribution in [2.75, 3.05) is 13.2 Å². The van der Waals surface area contributed by atoms with Crippen molar-refractivity contribution in [3.63, 3.8) is 0 Å². The van der Waals surface area contributed by atoms with Crippen LogP contribution in [0.1, 0.15) is 55.4 Å². The zero-order valence-electron chi connectivity index (χ0n) is 19.8. The number of hydrogen-bond donors (Lipinski definition) is 1. The van der Waals surface area contributed by atoms with Gasteiger partial charge >= 0.3 is 0 Å². The summed E-state index contributed by atoms with van der Waals surface area (Å²) in [5, 5.41) is 3.60. The van der Waals surface area contributed by atoms with Crippen LogP contribution in [0.4, 0.5) is 0 Å². The van der Waals surface area contributed by atoms with Gasteiger partial charge in [-0.2, -0.15) is 0 Å². The first-order valence-corrected chi connectivity index (χ1v) is 11.7. The molecule has 1 unspecified atom stereocenters. The molecular formula is C26H35ClN2O3. The van der Waals surface area contributed by atoms with Crippen LogP contribution in [0.3, 0.4) is 0 Å². The lowest BCUT2D eigenvalue weighted by atomic mass is 10.1. The third kappa shape index (κ3) is 7.27. The summed E-state index contributed by atoms with van der Waals surface area (Å²) in [7, 11) is 0. The predicted molar refractivity (Wildman–Crippen MR) is 130 cm³/mol. The predicted octanol–water partition coefficient (Wildman–Crippen LogP) is 5.37. The van der Waals surface area contributed by atoms with Gasteiger partial charge < -0.3 is 15.0 Å². The van der Waals surface area contributed by atoms with E-state index in [0.29, 0.717) is 30.3 Å². The minimum absolute atomic E-state index is 0.129. The SMILES string of the molecule is CCCCNC(=O)C(CC)N(Cc1ccc(Cl)cc1)C(=O)COc1cc(C)cc(C)c1C. The largest absolute Gasteiger partial charge is 0.483 e. The van der Waals surface area contributed by atoms with Crippen LogP contribution in [0.25, 0.3) is 0 Å². The molecule has 174 valence electrons. The van der Waals surface area contributed by atoms with E-state index in [1.807, 2.05) is 45.9 Å². The summed E-state index contributed by atoms with van der Waals surface area (Å²) < 4.78 is 5.93. The van der Waals surface area contributed by atoms with Gasteiger partial charge in [-0.1, -0.05) is 50.1 Å². The molecule has 6 heteroatoms. The summed E-state index contributed by atoms with van der Waals surface area (Å²) in [5.41, 5.74) is 4.12. The summed E-state index contributed by atoms with van der Waals surface area (Å²) in [6, 6.07) is 10.8. The zero-order valence-corrected chi connectivity index (χ0v) is 20.6. The Balaban J connectivity index is 2.22. The molecule has 2 rings (SSSR count). The van der Waals surface area contributed by atoms with Crippen molar-refractivity contribution in [1.82, 2.24) is 10.2 Å². The van der Waals surface area contributed by atoms with Crippen LogP contribution in [-0.2, 0) is 16.1 Å². The average molecular weight is 459 g/mol. The average Bonchev–Trinajstić information content (AvgIpc) is 2.76. The minimum atomic E-state index is -0.570. The number of hydrogen-bond acceptors (Lipinski definition) is 3. The molecule has 2 amide bonds. The van der Waals surface area contributed by atoms with E-state index in [1.165, 1.54) is 0 Å². The highest BCUT2D eigenvalue weighted by atomic mass is 35.5. The van der Waals surface area contributed by atoms with Gasteiger partial charge in [-0.15, -0.1) is 0 Å². The highest BCUT2D eigenvalue weighted by Crippen LogP contribution is 2.24. The number of nitrogens with zero attached hydrogens (tertiary/aromatic N) is 1. The van der Waals surface area contributed by atoms with E-state index in [2.05, 4.69) is 18.3 Å². The maximum Gasteiger partial charge on any atom is 0.261 e. The van der Waals surface area contributed by atoms with Crippen LogP contribution in [-0.4, -0.2) is 35.9 Å². The summed E-state index contributed by atoms with van der Waals surface area (Å²) >= 11 is 6.02. The Morgan fingerprint density at radius 1 is 1.09 bits per heavy atom. The fraction of sp³-hybridized carbons (Fsp3) is 0.462. The molecular weight excluding hydrogens is 424 g/mol. The van der Waals surface area contributed by atoms with Gasteiger partial charge in [0.2, 0.25) is 5.91 Å². The van der Waals surface area contributed by atoms with Gasteiger partial charge in [-0.25, -0.2) is 0 Å². The van der Waals surface area contributed by atoms with E-state index in [4.69, 9.17) is 16.3 Å². The Morgan fingerprint density at radius 3 is 2.41 bits per heavy atom. The molecule has 0 aliphatic rings. The Morgan fingerprint density at radius 2 is 1.78 bits per heavy atom. The quantitative estimate of drug-likeness (QED) is 0.460. The second-order valence-corrected chi connectivity index (χ2v) is 8.65. The number of aryl methyl sites for hydroxylation is 2. The van der Waals surface area contributed by atoms with Gasteiger partial charge in [0.25, 0.3) is 5.91 Å². The van der Waals surface area contributed by atoms with Crippen LogP contribution < -0.4 is 10.1 Å². The molecule has 0 bridgehead atoms. The number of amides is 2. The van der Waals surface area contributed by atoms with E-state index in [0.717, 1.165) is 35.1 Å². The molecule has 2 aromatic carbocycles. The van der Waals surface area contributed by atoms with Crippen molar-refractivity contribution in [3.8, 4) is 5.75 Å². The van der Waals surface area contributed by atoms with Crippen LogP contribution in [0.15, 0.2) is 36.4 Å². The summed E-state index contributed by atoms with van der Waals surface area (Å²) in [6.45, 7) is 10.8. The monoisotopic (exact) mass is 458 g/mol. The molecule has 2 aromatic rings. The van der Waals surface area contributed by atoms with Gasteiger partial charge in [0, 0.05) is 18.1 Å². The first-order valence-electron chi connectivity index (χ1n) is 11.3. The molecule has 0 radical (unpaired) electrons. The third-order valence-corrected chi connectivity index (χ3v) is 5.85. The van der Waals surface area contributed by atoms with Gasteiger partial charge in [-0.05, 0) is 74.1 Å². The molecule has 0 aliphatic heterocycles. The van der Waals surface area contributed by atoms with E-state index in [1.54, 1.807) is 17.0 Å². The van der Waals surface area contributed by atoms with Crippen molar-refractivity contribution in [2.24, 2.45) is 0 Å². The zero-order chi connectivity index (χ0) is 23.7. The topological polar surface area (TPSA) is 58.6 Å². The Bertz CT molecular complexity index is 912. The van der Waals surface area contributed by atoms with Crippen LogP contribution in [0, 0.1) is 20.8 Å². The molecule has 0 aliphatic carbocycles. The Hall–Kier alpha value is -2.53. The number of ether oxygens (including phenoxy) is 1. The van der Waals surface area contributed by atoms with Crippen molar-refractivity contribution in [3.05, 3.63) is 63.7 Å². The number of benzene rings is 2. The van der Waals surface area contributed by atoms with E-state index in [-0.39, 0.29) is 18.4 Å². The fourth-order valence-corrected chi connectivity index (χ4v) is 3.71. The van der Waals surface area contributed by atoms with Gasteiger partial charge in [0.15, 0.2) is 6.61 Å².